The third kappa shape index (κ3) is 2.51. The van der Waals surface area contributed by atoms with E-state index in [1.165, 1.54) is 18.2 Å². The maximum absolute atomic E-state index is 11.1. The number of likely N-dealkylation sites (tertiary alicyclic amines) is 1. The summed E-state index contributed by atoms with van der Waals surface area (Å²) in [7, 11) is 0. The van der Waals surface area contributed by atoms with E-state index >= 15 is 0 Å². The Kier molecular flexibility index (Phi) is 3.66. The van der Waals surface area contributed by atoms with E-state index in [0.717, 1.165) is 0 Å². The highest BCUT2D eigenvalue weighted by Gasteiger charge is 2.38. The number of nitrogens with zero attached hydrogens (tertiary/aromatic N) is 1. The summed E-state index contributed by atoms with van der Waals surface area (Å²) in [4.78, 5) is 13.2. The highest BCUT2D eigenvalue weighted by atomic mass is 16.4. The lowest BCUT2D eigenvalue weighted by Gasteiger charge is -2.30. The molecule has 0 radical (unpaired) electrons. The molecule has 1 fully saturated rings. The van der Waals surface area contributed by atoms with Crippen LogP contribution in [0.5, 0.6) is 11.5 Å². The summed E-state index contributed by atoms with van der Waals surface area (Å²) in [5, 5.41) is 28.5. The zero-order valence-corrected chi connectivity index (χ0v) is 11.1. The van der Waals surface area contributed by atoms with Gasteiger partial charge in [-0.05, 0) is 45.0 Å². The average Bonchev–Trinajstić information content (AvgIpc) is 2.73. The van der Waals surface area contributed by atoms with Crippen molar-refractivity contribution in [2.45, 2.75) is 32.4 Å². The summed E-state index contributed by atoms with van der Waals surface area (Å²) >= 11 is 0. The SMILES string of the molecule is CC(c1cc(O)ccc1O)N1CCC(C(=O)O)C1C. The largest absolute Gasteiger partial charge is 0.508 e. The number of aromatic hydroxyl groups is 2. The molecule has 0 spiro atoms. The minimum atomic E-state index is -0.776. The number of phenolic OH excluding ortho intramolecular Hbond substituents is 2. The van der Waals surface area contributed by atoms with E-state index in [9.17, 15) is 15.0 Å². The predicted octanol–water partition coefficient (Wildman–Crippen LogP) is 1.95. The van der Waals surface area contributed by atoms with Gasteiger partial charge in [-0.2, -0.15) is 0 Å². The zero-order valence-electron chi connectivity index (χ0n) is 11.1. The quantitative estimate of drug-likeness (QED) is 0.728. The van der Waals surface area contributed by atoms with E-state index in [1.54, 1.807) is 0 Å². The van der Waals surface area contributed by atoms with Gasteiger partial charge in [0.25, 0.3) is 0 Å². The third-order valence-electron chi connectivity index (χ3n) is 4.08. The van der Waals surface area contributed by atoms with Crippen LogP contribution in [0.4, 0.5) is 0 Å². The van der Waals surface area contributed by atoms with Gasteiger partial charge in [0.2, 0.25) is 0 Å². The van der Waals surface area contributed by atoms with Gasteiger partial charge in [-0.25, -0.2) is 0 Å². The standard InChI is InChI=1S/C14H19NO4/c1-8-11(14(18)19)5-6-15(8)9(2)12-7-10(16)3-4-13(12)17/h3-4,7-9,11,16-17H,5-6H2,1-2H3,(H,18,19). The number of phenols is 2. The number of rotatable bonds is 3. The summed E-state index contributed by atoms with van der Waals surface area (Å²) in [6.07, 6.45) is 0.612. The van der Waals surface area contributed by atoms with Crippen LogP contribution in [0.15, 0.2) is 18.2 Å². The Balaban J connectivity index is 2.23. The Morgan fingerprint density at radius 2 is 2.11 bits per heavy atom. The fourth-order valence-electron chi connectivity index (χ4n) is 2.90. The second kappa shape index (κ2) is 5.09. The summed E-state index contributed by atoms with van der Waals surface area (Å²) in [5.41, 5.74) is 0.623. The Morgan fingerprint density at radius 1 is 1.42 bits per heavy atom. The molecule has 2 rings (SSSR count). The topological polar surface area (TPSA) is 81.0 Å². The number of carbonyl (C=O) groups is 1. The number of hydrogen-bond acceptors (Lipinski definition) is 4. The maximum Gasteiger partial charge on any atom is 0.308 e. The molecule has 3 atom stereocenters. The lowest BCUT2D eigenvalue weighted by molar-refractivity contribution is -0.142. The maximum atomic E-state index is 11.1. The molecule has 0 aliphatic carbocycles. The molecule has 5 nitrogen and oxygen atoms in total. The first kappa shape index (κ1) is 13.7. The van der Waals surface area contributed by atoms with Crippen molar-refractivity contribution in [3.63, 3.8) is 0 Å². The minimum absolute atomic E-state index is 0.0887. The number of aliphatic carboxylic acids is 1. The Hall–Kier alpha value is -1.75. The Morgan fingerprint density at radius 3 is 2.68 bits per heavy atom. The number of benzene rings is 1. The van der Waals surface area contributed by atoms with Crippen LogP contribution in [0.25, 0.3) is 0 Å². The third-order valence-corrected chi connectivity index (χ3v) is 4.08. The molecule has 3 N–H and O–H groups in total. The van der Waals surface area contributed by atoms with Crippen molar-refractivity contribution in [1.82, 2.24) is 4.90 Å². The van der Waals surface area contributed by atoms with Gasteiger partial charge in [-0.3, -0.25) is 9.69 Å². The molecular formula is C14H19NO4. The fourth-order valence-corrected chi connectivity index (χ4v) is 2.90. The van der Waals surface area contributed by atoms with Crippen molar-refractivity contribution >= 4 is 5.97 Å². The van der Waals surface area contributed by atoms with E-state index < -0.39 is 5.97 Å². The van der Waals surface area contributed by atoms with E-state index in [1.807, 2.05) is 18.7 Å². The zero-order chi connectivity index (χ0) is 14.2. The smallest absolute Gasteiger partial charge is 0.308 e. The number of carboxylic acid groups (broad SMARTS) is 1. The first-order valence-corrected chi connectivity index (χ1v) is 6.42. The van der Waals surface area contributed by atoms with Crippen molar-refractivity contribution < 1.29 is 20.1 Å². The summed E-state index contributed by atoms with van der Waals surface area (Å²) in [6.45, 7) is 4.48. The van der Waals surface area contributed by atoms with Gasteiger partial charge in [0.1, 0.15) is 11.5 Å². The van der Waals surface area contributed by atoms with Crippen LogP contribution >= 0.6 is 0 Å². The van der Waals surface area contributed by atoms with Crippen LogP contribution in [0.2, 0.25) is 0 Å². The minimum Gasteiger partial charge on any atom is -0.508 e. The van der Waals surface area contributed by atoms with E-state index in [4.69, 9.17) is 5.11 Å². The van der Waals surface area contributed by atoms with E-state index in [-0.39, 0.29) is 29.5 Å². The normalized spacial score (nSPS) is 25.4. The monoisotopic (exact) mass is 265 g/mol. The van der Waals surface area contributed by atoms with Crippen LogP contribution in [-0.4, -0.2) is 38.8 Å². The van der Waals surface area contributed by atoms with Crippen molar-refractivity contribution in [2.24, 2.45) is 5.92 Å². The molecule has 0 amide bonds. The molecule has 1 heterocycles. The van der Waals surface area contributed by atoms with Gasteiger partial charge in [0.05, 0.1) is 5.92 Å². The second-order valence-corrected chi connectivity index (χ2v) is 5.13. The lowest BCUT2D eigenvalue weighted by Crippen LogP contribution is -2.34. The molecule has 1 saturated heterocycles. The average molecular weight is 265 g/mol. The second-order valence-electron chi connectivity index (χ2n) is 5.13. The first-order valence-electron chi connectivity index (χ1n) is 6.42. The molecular weight excluding hydrogens is 246 g/mol. The van der Waals surface area contributed by atoms with Gasteiger partial charge in [0.15, 0.2) is 0 Å². The van der Waals surface area contributed by atoms with Gasteiger partial charge >= 0.3 is 5.97 Å². The van der Waals surface area contributed by atoms with Crippen molar-refractivity contribution in [1.29, 1.82) is 0 Å². The molecule has 19 heavy (non-hydrogen) atoms. The molecule has 1 aliphatic rings. The summed E-state index contributed by atoms with van der Waals surface area (Å²) in [5.74, 6) is -0.929. The highest BCUT2D eigenvalue weighted by molar-refractivity contribution is 5.71. The van der Waals surface area contributed by atoms with Crippen molar-refractivity contribution in [3.8, 4) is 11.5 Å². The molecule has 1 aromatic carbocycles. The van der Waals surface area contributed by atoms with Crippen molar-refractivity contribution in [2.75, 3.05) is 6.54 Å². The summed E-state index contributed by atoms with van der Waals surface area (Å²) in [6, 6.07) is 4.19. The highest BCUT2D eigenvalue weighted by Crippen LogP contribution is 2.37. The van der Waals surface area contributed by atoms with Crippen LogP contribution in [0, 0.1) is 5.92 Å². The van der Waals surface area contributed by atoms with Gasteiger partial charge in [-0.15, -0.1) is 0 Å². The molecule has 1 aliphatic heterocycles. The Labute approximate surface area is 112 Å². The Bertz CT molecular complexity index is 488. The predicted molar refractivity (Wildman–Crippen MR) is 70.1 cm³/mol. The number of carboxylic acids is 1. The molecule has 104 valence electrons. The van der Waals surface area contributed by atoms with Gasteiger partial charge in [0, 0.05) is 17.6 Å². The molecule has 3 unspecified atom stereocenters. The van der Waals surface area contributed by atoms with Crippen LogP contribution < -0.4 is 0 Å². The molecule has 0 saturated carbocycles. The number of hydrogen-bond donors (Lipinski definition) is 3. The molecule has 1 aromatic rings. The molecule has 0 bridgehead atoms. The molecule has 0 aromatic heterocycles. The fraction of sp³-hybridized carbons (Fsp3) is 0.500. The van der Waals surface area contributed by atoms with Crippen molar-refractivity contribution in [3.05, 3.63) is 23.8 Å². The van der Waals surface area contributed by atoms with Crippen LogP contribution in [0.1, 0.15) is 31.9 Å². The summed E-state index contributed by atoms with van der Waals surface area (Å²) < 4.78 is 0. The van der Waals surface area contributed by atoms with Gasteiger partial charge < -0.3 is 15.3 Å². The van der Waals surface area contributed by atoms with E-state index in [2.05, 4.69) is 0 Å². The first-order chi connectivity index (χ1) is 8.91. The van der Waals surface area contributed by atoms with Crippen LogP contribution in [-0.2, 0) is 4.79 Å². The van der Waals surface area contributed by atoms with E-state index in [0.29, 0.717) is 18.5 Å². The lowest BCUT2D eigenvalue weighted by atomic mass is 10.0. The molecule has 5 heteroatoms. The van der Waals surface area contributed by atoms with Crippen LogP contribution in [0.3, 0.4) is 0 Å². The van der Waals surface area contributed by atoms with Gasteiger partial charge in [-0.1, -0.05) is 0 Å².